The van der Waals surface area contributed by atoms with Crippen LogP contribution in [0.25, 0.3) is 0 Å². The van der Waals surface area contributed by atoms with E-state index >= 15 is 0 Å². The van der Waals surface area contributed by atoms with Crippen LogP contribution in [0.2, 0.25) is 0 Å². The summed E-state index contributed by atoms with van der Waals surface area (Å²) < 4.78 is 11.3. The van der Waals surface area contributed by atoms with Crippen molar-refractivity contribution in [1.29, 1.82) is 0 Å². The molecule has 140 valence electrons. The van der Waals surface area contributed by atoms with Gasteiger partial charge in [-0.25, -0.2) is 9.98 Å². The summed E-state index contributed by atoms with van der Waals surface area (Å²) in [6, 6.07) is 1.70. The highest BCUT2D eigenvalue weighted by Gasteiger charge is 2.18. The molecule has 1 aromatic heterocycles. The second kappa shape index (κ2) is 10.7. The first kappa shape index (κ1) is 20.9. The Morgan fingerprint density at radius 2 is 2.20 bits per heavy atom. The number of aryl methyl sites for hydroxylation is 1. The minimum atomic E-state index is -0.260. The van der Waals surface area contributed by atoms with Crippen LogP contribution in [-0.2, 0) is 4.74 Å². The number of ether oxygens (including phenoxy) is 2. The Bertz CT molecular complexity index is 590. The fraction of sp³-hybridized carbons (Fsp3) is 0.611. The molecule has 7 heteroatoms. The molecule has 0 saturated heterocycles. The number of nitrogens with one attached hydrogen (secondary N) is 1. The summed E-state index contributed by atoms with van der Waals surface area (Å²) in [5.74, 6) is 0.0386. The van der Waals surface area contributed by atoms with Gasteiger partial charge in [-0.3, -0.25) is 4.79 Å². The number of amides is 1. The van der Waals surface area contributed by atoms with Gasteiger partial charge in [-0.1, -0.05) is 6.92 Å². The van der Waals surface area contributed by atoms with Crippen molar-refractivity contribution in [1.82, 2.24) is 15.2 Å². The number of rotatable bonds is 10. The van der Waals surface area contributed by atoms with Gasteiger partial charge >= 0.3 is 0 Å². The molecule has 0 bridgehead atoms. The molecule has 0 aliphatic carbocycles. The van der Waals surface area contributed by atoms with Gasteiger partial charge in [0.15, 0.2) is 0 Å². The quantitative estimate of drug-likeness (QED) is 0.399. The zero-order chi connectivity index (χ0) is 18.8. The van der Waals surface area contributed by atoms with E-state index in [1.54, 1.807) is 19.5 Å². The zero-order valence-electron chi connectivity index (χ0n) is 16.1. The highest BCUT2D eigenvalue weighted by molar-refractivity contribution is 5.97. The molecule has 0 aromatic carbocycles. The smallest absolute Gasteiger partial charge is 0.256 e. The summed E-state index contributed by atoms with van der Waals surface area (Å²) >= 11 is 0. The lowest BCUT2D eigenvalue weighted by molar-refractivity contribution is 0.0558. The molecule has 25 heavy (non-hydrogen) atoms. The minimum absolute atomic E-state index is 0.206. The van der Waals surface area contributed by atoms with Crippen LogP contribution >= 0.6 is 0 Å². The van der Waals surface area contributed by atoms with E-state index in [1.165, 1.54) is 0 Å². The van der Waals surface area contributed by atoms with Crippen molar-refractivity contribution in [3.8, 4) is 5.88 Å². The van der Waals surface area contributed by atoms with Gasteiger partial charge in [0, 0.05) is 27.2 Å². The predicted octanol–water partition coefficient (Wildman–Crippen LogP) is 2.56. The molecule has 1 unspecified atom stereocenters. The van der Waals surface area contributed by atoms with E-state index in [2.05, 4.69) is 22.2 Å². The molecule has 0 saturated carbocycles. The first-order chi connectivity index (χ1) is 11.9. The molecular weight excluding hydrogens is 320 g/mol. The topological polar surface area (TPSA) is 76.1 Å². The zero-order valence-corrected chi connectivity index (χ0v) is 16.1. The second-order valence-electron chi connectivity index (χ2n) is 5.85. The average Bonchev–Trinajstić information content (AvgIpc) is 2.60. The lowest BCUT2D eigenvalue weighted by Crippen LogP contribution is -2.24. The largest absolute Gasteiger partial charge is 0.472 e. The summed E-state index contributed by atoms with van der Waals surface area (Å²) in [4.78, 5) is 23.0. The van der Waals surface area contributed by atoms with Crippen LogP contribution in [0.4, 0.5) is 5.69 Å². The van der Waals surface area contributed by atoms with Gasteiger partial charge in [-0.2, -0.15) is 0 Å². The molecule has 0 radical (unpaired) electrons. The summed E-state index contributed by atoms with van der Waals surface area (Å²) in [6.45, 7) is 9.79. The van der Waals surface area contributed by atoms with Gasteiger partial charge < -0.3 is 19.7 Å². The first-order valence-corrected chi connectivity index (χ1v) is 8.65. The van der Waals surface area contributed by atoms with E-state index < -0.39 is 0 Å². The van der Waals surface area contributed by atoms with Crippen LogP contribution in [0, 0.1) is 6.92 Å². The third-order valence-electron chi connectivity index (χ3n) is 3.53. The molecule has 1 atom stereocenters. The van der Waals surface area contributed by atoms with E-state index in [-0.39, 0.29) is 12.0 Å². The van der Waals surface area contributed by atoms with Crippen LogP contribution in [0.1, 0.15) is 43.2 Å². The summed E-state index contributed by atoms with van der Waals surface area (Å²) in [5.41, 5.74) is 1.70. The van der Waals surface area contributed by atoms with Gasteiger partial charge in [0.05, 0.1) is 24.3 Å². The average molecular weight is 350 g/mol. The van der Waals surface area contributed by atoms with Crippen molar-refractivity contribution in [3.05, 3.63) is 17.3 Å². The number of pyridine rings is 1. The van der Waals surface area contributed by atoms with E-state index in [1.807, 2.05) is 32.7 Å². The molecule has 0 aliphatic rings. The maximum Gasteiger partial charge on any atom is 0.256 e. The fourth-order valence-electron chi connectivity index (χ4n) is 1.95. The van der Waals surface area contributed by atoms with E-state index in [0.29, 0.717) is 36.0 Å². The molecule has 7 nitrogen and oxygen atoms in total. The van der Waals surface area contributed by atoms with Crippen molar-refractivity contribution < 1.29 is 14.3 Å². The second-order valence-corrected chi connectivity index (χ2v) is 5.85. The minimum Gasteiger partial charge on any atom is -0.472 e. The van der Waals surface area contributed by atoms with Gasteiger partial charge in [-0.05, 0) is 33.3 Å². The number of aromatic nitrogens is 1. The Morgan fingerprint density at radius 1 is 1.48 bits per heavy atom. The van der Waals surface area contributed by atoms with E-state index in [4.69, 9.17) is 9.47 Å². The van der Waals surface area contributed by atoms with Crippen LogP contribution < -0.4 is 10.1 Å². The van der Waals surface area contributed by atoms with Crippen LogP contribution in [0.5, 0.6) is 5.88 Å². The number of nitrogens with zero attached hydrogens (tertiary/aromatic N) is 3. The molecule has 1 amide bonds. The fourth-order valence-corrected chi connectivity index (χ4v) is 1.95. The van der Waals surface area contributed by atoms with Crippen molar-refractivity contribution in [2.75, 3.05) is 33.9 Å². The Morgan fingerprint density at radius 3 is 2.80 bits per heavy atom. The third kappa shape index (κ3) is 6.70. The highest BCUT2D eigenvalue weighted by Crippen LogP contribution is 2.26. The van der Waals surface area contributed by atoms with Crippen LogP contribution in [-0.4, -0.2) is 62.1 Å². The van der Waals surface area contributed by atoms with Gasteiger partial charge in [0.2, 0.25) is 5.88 Å². The Kier molecular flexibility index (Phi) is 8.91. The molecule has 0 spiro atoms. The van der Waals surface area contributed by atoms with E-state index in [0.717, 1.165) is 13.0 Å². The van der Waals surface area contributed by atoms with Gasteiger partial charge in [0.1, 0.15) is 11.7 Å². The third-order valence-corrected chi connectivity index (χ3v) is 3.53. The van der Waals surface area contributed by atoms with Gasteiger partial charge in [0.25, 0.3) is 5.91 Å². The lowest BCUT2D eigenvalue weighted by atomic mass is 10.2. The Labute approximate surface area is 150 Å². The van der Waals surface area contributed by atoms with E-state index in [9.17, 15) is 4.79 Å². The van der Waals surface area contributed by atoms with Crippen molar-refractivity contribution in [3.63, 3.8) is 0 Å². The SMILES string of the molecule is CCCOCC(C)Oc1nc(C)c(/N=C/N(C)CC)cc1C(=O)NC. The first-order valence-electron chi connectivity index (χ1n) is 8.65. The molecular formula is C18H30N4O3. The summed E-state index contributed by atoms with van der Waals surface area (Å²) in [5, 5.41) is 2.62. The van der Waals surface area contributed by atoms with Crippen LogP contribution in [0.3, 0.4) is 0 Å². The number of hydrogen-bond donors (Lipinski definition) is 1. The van der Waals surface area contributed by atoms with Crippen molar-refractivity contribution in [2.24, 2.45) is 4.99 Å². The number of carbonyl (C=O) groups excluding carboxylic acids is 1. The lowest BCUT2D eigenvalue weighted by Gasteiger charge is -2.17. The molecule has 1 heterocycles. The summed E-state index contributed by atoms with van der Waals surface area (Å²) in [7, 11) is 3.51. The number of aliphatic imine (C=N–C) groups is 1. The molecule has 1 rings (SSSR count). The number of carbonyl (C=O) groups is 1. The maximum absolute atomic E-state index is 12.2. The maximum atomic E-state index is 12.2. The normalized spacial score (nSPS) is 12.2. The molecule has 1 aromatic rings. The Hall–Kier alpha value is -2.15. The predicted molar refractivity (Wildman–Crippen MR) is 100 cm³/mol. The van der Waals surface area contributed by atoms with Crippen LogP contribution in [0.15, 0.2) is 11.1 Å². The van der Waals surface area contributed by atoms with Crippen molar-refractivity contribution >= 4 is 17.9 Å². The van der Waals surface area contributed by atoms with Gasteiger partial charge in [-0.15, -0.1) is 0 Å². The highest BCUT2D eigenvalue weighted by atomic mass is 16.5. The van der Waals surface area contributed by atoms with Crippen molar-refractivity contribution in [2.45, 2.75) is 40.2 Å². The standard InChI is InChI=1S/C18H30N4O3/c1-7-9-24-11-13(3)25-18-15(17(23)19-5)10-16(14(4)21-18)20-12-22(6)8-2/h10,12-13H,7-9,11H2,1-6H3,(H,19,23)/b20-12+. The molecule has 1 N–H and O–H groups in total. The monoisotopic (exact) mass is 350 g/mol. The number of hydrogen-bond acceptors (Lipinski definition) is 5. The molecule has 0 aliphatic heterocycles. The molecule has 0 fully saturated rings. The summed E-state index contributed by atoms with van der Waals surface area (Å²) in [6.07, 6.45) is 2.47. The Balaban J connectivity index is 3.05.